The van der Waals surface area contributed by atoms with Gasteiger partial charge in [-0.3, -0.25) is 0 Å². The minimum Gasteiger partial charge on any atom is -0.398 e. The molecule has 3 nitrogen and oxygen atoms in total. The van der Waals surface area contributed by atoms with Crippen molar-refractivity contribution in [3.05, 3.63) is 29.3 Å². The molecule has 0 aliphatic heterocycles. The van der Waals surface area contributed by atoms with Crippen LogP contribution in [-0.4, -0.2) is 5.11 Å². The van der Waals surface area contributed by atoms with E-state index in [0.29, 0.717) is 11.3 Å². The van der Waals surface area contributed by atoms with Crippen LogP contribution in [0.4, 0.5) is 5.69 Å². The van der Waals surface area contributed by atoms with Gasteiger partial charge in [-0.25, -0.2) is 0 Å². The third-order valence-electron chi connectivity index (χ3n) is 1.95. The number of nitrogens with two attached hydrogens (primary N) is 1. The second kappa shape index (κ2) is 3.08. The second-order valence-corrected chi connectivity index (χ2v) is 3.27. The van der Waals surface area contributed by atoms with Gasteiger partial charge < -0.3 is 10.8 Å². The summed E-state index contributed by atoms with van der Waals surface area (Å²) in [7, 11) is 0. The maximum absolute atomic E-state index is 9.66. The van der Waals surface area contributed by atoms with Crippen LogP contribution < -0.4 is 5.73 Å². The predicted octanol–water partition coefficient (Wildman–Crippen LogP) is 1.31. The number of hydrogen-bond acceptors (Lipinski definition) is 3. The molecule has 68 valence electrons. The van der Waals surface area contributed by atoms with Gasteiger partial charge in [-0.15, -0.1) is 0 Å². The van der Waals surface area contributed by atoms with Crippen LogP contribution in [-0.2, 0) is 5.60 Å². The summed E-state index contributed by atoms with van der Waals surface area (Å²) in [4.78, 5) is 0. The fourth-order valence-corrected chi connectivity index (χ4v) is 1.15. The fourth-order valence-electron chi connectivity index (χ4n) is 1.15. The minimum atomic E-state index is -1.50. The van der Waals surface area contributed by atoms with Gasteiger partial charge in [0.1, 0.15) is 6.07 Å². The van der Waals surface area contributed by atoms with Crippen molar-refractivity contribution >= 4 is 5.69 Å². The zero-order chi connectivity index (χ0) is 10.1. The lowest BCUT2D eigenvalue weighted by atomic mass is 9.94. The van der Waals surface area contributed by atoms with Crippen LogP contribution in [0.1, 0.15) is 18.1 Å². The molecule has 0 radical (unpaired) electrons. The number of aliphatic hydroxyl groups is 1. The summed E-state index contributed by atoms with van der Waals surface area (Å²) < 4.78 is 0. The monoisotopic (exact) mass is 176 g/mol. The van der Waals surface area contributed by atoms with E-state index >= 15 is 0 Å². The van der Waals surface area contributed by atoms with E-state index in [-0.39, 0.29) is 0 Å². The third kappa shape index (κ3) is 1.79. The highest BCUT2D eigenvalue weighted by atomic mass is 16.3. The molecule has 0 bridgehead atoms. The largest absolute Gasteiger partial charge is 0.398 e. The van der Waals surface area contributed by atoms with Gasteiger partial charge in [0.2, 0.25) is 0 Å². The number of benzene rings is 1. The molecule has 0 spiro atoms. The van der Waals surface area contributed by atoms with Gasteiger partial charge >= 0.3 is 0 Å². The third-order valence-corrected chi connectivity index (χ3v) is 1.95. The Morgan fingerprint density at radius 1 is 1.54 bits per heavy atom. The lowest BCUT2D eigenvalue weighted by Gasteiger charge is -2.17. The molecule has 0 heterocycles. The average Bonchev–Trinajstić information content (AvgIpc) is 2.09. The Kier molecular flexibility index (Phi) is 2.26. The molecular formula is C10H12N2O. The second-order valence-electron chi connectivity index (χ2n) is 3.27. The smallest absolute Gasteiger partial charge is 0.175 e. The van der Waals surface area contributed by atoms with E-state index < -0.39 is 5.60 Å². The van der Waals surface area contributed by atoms with Crippen LogP contribution in [0.3, 0.4) is 0 Å². The molecule has 1 atom stereocenters. The van der Waals surface area contributed by atoms with Crippen molar-refractivity contribution < 1.29 is 5.11 Å². The molecule has 1 aromatic carbocycles. The molecule has 13 heavy (non-hydrogen) atoms. The number of anilines is 1. The van der Waals surface area contributed by atoms with Gasteiger partial charge in [0.25, 0.3) is 0 Å². The molecular weight excluding hydrogens is 164 g/mol. The molecule has 3 N–H and O–H groups in total. The van der Waals surface area contributed by atoms with Gasteiger partial charge in [-0.1, -0.05) is 17.7 Å². The van der Waals surface area contributed by atoms with E-state index in [0.717, 1.165) is 5.56 Å². The number of nitriles is 1. The summed E-state index contributed by atoms with van der Waals surface area (Å²) in [5.41, 5.74) is 6.02. The van der Waals surface area contributed by atoms with Gasteiger partial charge in [0.15, 0.2) is 5.60 Å². The number of nitrogens with zero attached hydrogens (tertiary/aromatic N) is 1. The Bertz CT molecular complexity index is 364. The van der Waals surface area contributed by atoms with Crippen molar-refractivity contribution in [3.63, 3.8) is 0 Å². The van der Waals surface area contributed by atoms with E-state index in [1.807, 2.05) is 13.0 Å². The van der Waals surface area contributed by atoms with Crippen LogP contribution in [0.5, 0.6) is 0 Å². The standard InChI is InChI=1S/C10H12N2O/c1-7-3-4-9(12)8(5-7)10(2,13)6-11/h3-5,13H,12H2,1-2H3. The molecule has 0 aliphatic rings. The van der Waals surface area contributed by atoms with Crippen LogP contribution in [0, 0.1) is 18.3 Å². The summed E-state index contributed by atoms with van der Waals surface area (Å²) in [5, 5.41) is 18.4. The summed E-state index contributed by atoms with van der Waals surface area (Å²) in [6.45, 7) is 3.31. The fraction of sp³-hybridized carbons (Fsp3) is 0.300. The molecule has 0 fully saturated rings. The summed E-state index contributed by atoms with van der Waals surface area (Å²) in [6, 6.07) is 7.05. The highest BCUT2D eigenvalue weighted by Gasteiger charge is 2.24. The Morgan fingerprint density at radius 3 is 2.69 bits per heavy atom. The molecule has 3 heteroatoms. The summed E-state index contributed by atoms with van der Waals surface area (Å²) >= 11 is 0. The van der Waals surface area contributed by atoms with E-state index in [9.17, 15) is 5.11 Å². The topological polar surface area (TPSA) is 70.0 Å². The van der Waals surface area contributed by atoms with Crippen molar-refractivity contribution in [2.45, 2.75) is 19.4 Å². The molecule has 1 unspecified atom stereocenters. The van der Waals surface area contributed by atoms with Crippen LogP contribution >= 0.6 is 0 Å². The van der Waals surface area contributed by atoms with E-state index in [1.54, 1.807) is 18.2 Å². The lowest BCUT2D eigenvalue weighted by Crippen LogP contribution is -2.20. The summed E-state index contributed by atoms with van der Waals surface area (Å²) in [5.74, 6) is 0. The number of aryl methyl sites for hydroxylation is 1. The van der Waals surface area contributed by atoms with Crippen molar-refractivity contribution in [3.8, 4) is 6.07 Å². The van der Waals surface area contributed by atoms with E-state index in [2.05, 4.69) is 0 Å². The lowest BCUT2D eigenvalue weighted by molar-refractivity contribution is 0.120. The quantitative estimate of drug-likeness (QED) is 0.500. The molecule has 0 saturated heterocycles. The average molecular weight is 176 g/mol. The molecule has 0 aliphatic carbocycles. The molecule has 1 rings (SSSR count). The summed E-state index contributed by atoms with van der Waals surface area (Å²) in [6.07, 6.45) is 0. The predicted molar refractivity (Wildman–Crippen MR) is 50.8 cm³/mol. The van der Waals surface area contributed by atoms with Crippen molar-refractivity contribution in [2.24, 2.45) is 0 Å². The first-order valence-corrected chi connectivity index (χ1v) is 3.97. The SMILES string of the molecule is Cc1ccc(N)c(C(C)(O)C#N)c1. The van der Waals surface area contributed by atoms with Crippen molar-refractivity contribution in [1.29, 1.82) is 5.26 Å². The first-order chi connectivity index (χ1) is 5.97. The Morgan fingerprint density at radius 2 is 2.15 bits per heavy atom. The van der Waals surface area contributed by atoms with E-state index in [4.69, 9.17) is 11.0 Å². The van der Waals surface area contributed by atoms with Crippen LogP contribution in [0.25, 0.3) is 0 Å². The van der Waals surface area contributed by atoms with Gasteiger partial charge in [0.05, 0.1) is 0 Å². The number of nitrogen functional groups attached to an aromatic ring is 1. The first kappa shape index (κ1) is 9.56. The maximum Gasteiger partial charge on any atom is 0.175 e. The van der Waals surface area contributed by atoms with E-state index in [1.165, 1.54) is 6.92 Å². The van der Waals surface area contributed by atoms with Gasteiger partial charge in [0, 0.05) is 11.3 Å². The Labute approximate surface area is 77.4 Å². The normalized spacial score (nSPS) is 14.6. The highest BCUT2D eigenvalue weighted by molar-refractivity contribution is 5.53. The Hall–Kier alpha value is -1.53. The molecule has 0 amide bonds. The maximum atomic E-state index is 9.66. The van der Waals surface area contributed by atoms with Gasteiger partial charge in [-0.2, -0.15) is 5.26 Å². The molecule has 1 aromatic rings. The zero-order valence-electron chi connectivity index (χ0n) is 7.70. The van der Waals surface area contributed by atoms with Crippen molar-refractivity contribution in [1.82, 2.24) is 0 Å². The molecule has 0 saturated carbocycles. The van der Waals surface area contributed by atoms with Gasteiger partial charge in [-0.05, 0) is 19.9 Å². The van der Waals surface area contributed by atoms with Crippen molar-refractivity contribution in [2.75, 3.05) is 5.73 Å². The highest BCUT2D eigenvalue weighted by Crippen LogP contribution is 2.26. The number of rotatable bonds is 1. The minimum absolute atomic E-state index is 0.442. The number of hydrogen-bond donors (Lipinski definition) is 2. The molecule has 0 aromatic heterocycles. The van der Waals surface area contributed by atoms with Crippen LogP contribution in [0.2, 0.25) is 0 Å². The Balaban J connectivity index is 3.30. The first-order valence-electron chi connectivity index (χ1n) is 3.97. The van der Waals surface area contributed by atoms with Crippen LogP contribution in [0.15, 0.2) is 18.2 Å². The zero-order valence-corrected chi connectivity index (χ0v) is 7.70.